The molecule has 2 heterocycles. The Morgan fingerprint density at radius 3 is 2.70 bits per heavy atom. The van der Waals surface area contributed by atoms with Crippen LogP contribution in [0, 0.1) is 0 Å². The molecule has 1 aliphatic rings. The Morgan fingerprint density at radius 1 is 1.15 bits per heavy atom. The largest absolute Gasteiger partial charge is 0.492 e. The highest BCUT2D eigenvalue weighted by molar-refractivity contribution is 7.99. The fourth-order valence-corrected chi connectivity index (χ4v) is 5.56. The van der Waals surface area contributed by atoms with E-state index in [2.05, 4.69) is 28.1 Å². The molecule has 0 atom stereocenters. The number of amides is 1. The number of thioether (sulfide) groups is 1. The first-order valence-electron chi connectivity index (χ1n) is 11.2. The second-order valence-corrected chi connectivity index (χ2v) is 9.92. The van der Waals surface area contributed by atoms with Crippen molar-refractivity contribution in [1.82, 2.24) is 15.2 Å². The molecule has 1 saturated heterocycles. The van der Waals surface area contributed by atoms with Crippen LogP contribution in [0.1, 0.15) is 24.2 Å². The predicted octanol–water partition coefficient (Wildman–Crippen LogP) is 4.78. The first kappa shape index (κ1) is 25.6. The Kier molecular flexibility index (Phi) is 9.67. The van der Waals surface area contributed by atoms with E-state index in [4.69, 9.17) is 9.72 Å². The summed E-state index contributed by atoms with van der Waals surface area (Å²) in [7, 11) is 0. The van der Waals surface area contributed by atoms with Crippen molar-refractivity contribution in [3.63, 3.8) is 0 Å². The third kappa shape index (κ3) is 6.53. The van der Waals surface area contributed by atoms with Crippen molar-refractivity contribution in [1.29, 1.82) is 0 Å². The number of halogens is 1. The zero-order chi connectivity index (χ0) is 22.3. The number of benzene rings is 2. The van der Waals surface area contributed by atoms with Gasteiger partial charge in [-0.1, -0.05) is 30.4 Å². The first-order chi connectivity index (χ1) is 15.7. The Hall–Kier alpha value is -2.00. The molecular weight excluding hydrogens is 476 g/mol. The van der Waals surface area contributed by atoms with Crippen LogP contribution in [0.3, 0.4) is 0 Å². The Morgan fingerprint density at radius 2 is 1.94 bits per heavy atom. The molecule has 0 bridgehead atoms. The number of thiazole rings is 1. The van der Waals surface area contributed by atoms with Gasteiger partial charge in [0.05, 0.1) is 11.3 Å². The molecule has 0 spiro atoms. The molecule has 0 unspecified atom stereocenters. The van der Waals surface area contributed by atoms with Crippen LogP contribution in [0.15, 0.2) is 47.4 Å². The fourth-order valence-electron chi connectivity index (χ4n) is 3.80. The zero-order valence-electron chi connectivity index (χ0n) is 19.1. The maximum atomic E-state index is 12.5. The summed E-state index contributed by atoms with van der Waals surface area (Å²) < 4.78 is 6.90. The monoisotopic (exact) mass is 506 g/mol. The number of nitrogens with zero attached hydrogens (tertiary/aromatic N) is 3. The van der Waals surface area contributed by atoms with Crippen molar-refractivity contribution < 1.29 is 9.53 Å². The third-order valence-corrected chi connectivity index (χ3v) is 7.39. The predicted molar refractivity (Wildman–Crippen MR) is 142 cm³/mol. The van der Waals surface area contributed by atoms with Gasteiger partial charge in [-0.15, -0.1) is 24.2 Å². The van der Waals surface area contributed by atoms with E-state index in [1.165, 1.54) is 0 Å². The molecule has 9 heteroatoms. The summed E-state index contributed by atoms with van der Waals surface area (Å²) in [6.45, 7) is 10.1. The van der Waals surface area contributed by atoms with E-state index >= 15 is 0 Å². The smallest absolute Gasteiger partial charge is 0.251 e. The lowest BCUT2D eigenvalue weighted by atomic mass is 10.2. The number of nitrogens with one attached hydrogen (secondary N) is 1. The third-order valence-electron chi connectivity index (χ3n) is 5.43. The molecule has 178 valence electrons. The van der Waals surface area contributed by atoms with Crippen LogP contribution in [0.5, 0.6) is 5.75 Å². The number of ether oxygens (including phenoxy) is 1. The average molecular weight is 507 g/mol. The molecule has 33 heavy (non-hydrogen) atoms. The highest BCUT2D eigenvalue weighted by atomic mass is 35.5. The van der Waals surface area contributed by atoms with Gasteiger partial charge in [-0.05, 0) is 43.0 Å². The number of fused-ring (bicyclic) bond motifs is 1. The van der Waals surface area contributed by atoms with Gasteiger partial charge in [0, 0.05) is 49.7 Å². The lowest BCUT2D eigenvalue weighted by molar-refractivity contribution is 0.0947. The highest BCUT2D eigenvalue weighted by Crippen LogP contribution is 2.34. The van der Waals surface area contributed by atoms with Gasteiger partial charge in [-0.3, -0.25) is 9.69 Å². The number of rotatable bonds is 9. The first-order valence-corrected chi connectivity index (χ1v) is 13.0. The van der Waals surface area contributed by atoms with Crippen molar-refractivity contribution >= 4 is 56.8 Å². The van der Waals surface area contributed by atoms with E-state index in [1.807, 2.05) is 43.3 Å². The van der Waals surface area contributed by atoms with Gasteiger partial charge >= 0.3 is 0 Å². The molecule has 6 nitrogen and oxygen atoms in total. The van der Waals surface area contributed by atoms with Gasteiger partial charge in [0.1, 0.15) is 11.3 Å². The van der Waals surface area contributed by atoms with Gasteiger partial charge in [0.15, 0.2) is 5.13 Å². The lowest BCUT2D eigenvalue weighted by Gasteiger charge is -2.34. The summed E-state index contributed by atoms with van der Waals surface area (Å²) in [6, 6.07) is 14.0. The molecule has 4 rings (SSSR count). The Labute approximate surface area is 210 Å². The molecule has 1 fully saturated rings. The van der Waals surface area contributed by atoms with E-state index < -0.39 is 0 Å². The summed E-state index contributed by atoms with van der Waals surface area (Å²) in [5.74, 6) is 1.87. The van der Waals surface area contributed by atoms with Crippen LogP contribution >= 0.6 is 35.5 Å². The number of hydrogen-bond donors (Lipinski definition) is 1. The average Bonchev–Trinajstić information content (AvgIpc) is 3.25. The van der Waals surface area contributed by atoms with Crippen molar-refractivity contribution in [2.45, 2.75) is 18.7 Å². The summed E-state index contributed by atoms with van der Waals surface area (Å²) >= 11 is 3.48. The van der Waals surface area contributed by atoms with Crippen LogP contribution in [0.4, 0.5) is 5.13 Å². The van der Waals surface area contributed by atoms with Crippen LogP contribution in [-0.2, 0) is 0 Å². The molecule has 1 N–H and O–H groups in total. The van der Waals surface area contributed by atoms with Crippen LogP contribution < -0.4 is 15.0 Å². The maximum Gasteiger partial charge on any atom is 0.251 e. The van der Waals surface area contributed by atoms with Gasteiger partial charge in [-0.2, -0.15) is 0 Å². The summed E-state index contributed by atoms with van der Waals surface area (Å²) in [5, 5.41) is 4.13. The van der Waals surface area contributed by atoms with Gasteiger partial charge in [-0.25, -0.2) is 4.98 Å². The molecule has 1 aromatic heterocycles. The van der Waals surface area contributed by atoms with Crippen molar-refractivity contribution in [2.24, 2.45) is 0 Å². The number of para-hydroxylation sites is 1. The van der Waals surface area contributed by atoms with Gasteiger partial charge < -0.3 is 15.0 Å². The number of anilines is 1. The second-order valence-electron chi connectivity index (χ2n) is 7.58. The van der Waals surface area contributed by atoms with Crippen molar-refractivity contribution in [3.05, 3.63) is 48.0 Å². The summed E-state index contributed by atoms with van der Waals surface area (Å²) in [5.41, 5.74) is 1.69. The van der Waals surface area contributed by atoms with E-state index in [0.717, 1.165) is 70.0 Å². The number of carbonyl (C=O) groups is 1. The summed E-state index contributed by atoms with van der Waals surface area (Å²) in [6.07, 6.45) is 0. The summed E-state index contributed by atoms with van der Waals surface area (Å²) in [4.78, 5) is 23.2. The van der Waals surface area contributed by atoms with E-state index in [1.54, 1.807) is 23.1 Å². The van der Waals surface area contributed by atoms with E-state index in [-0.39, 0.29) is 18.3 Å². The SMILES string of the molecule is CCOc1cccc2sc(N3CCN(CCNC(=O)c4cccc(SCC)c4)CC3)nc12.Cl. The minimum Gasteiger partial charge on any atom is -0.492 e. The Balaban J connectivity index is 0.00000306. The molecule has 2 aromatic carbocycles. The second kappa shape index (κ2) is 12.5. The Bertz CT molecular complexity index is 1050. The number of aromatic nitrogens is 1. The minimum absolute atomic E-state index is 0. The van der Waals surface area contributed by atoms with E-state index in [9.17, 15) is 4.79 Å². The van der Waals surface area contributed by atoms with Crippen molar-refractivity contribution in [3.8, 4) is 5.75 Å². The normalized spacial score (nSPS) is 14.2. The van der Waals surface area contributed by atoms with Gasteiger partial charge in [0.2, 0.25) is 0 Å². The van der Waals surface area contributed by atoms with Crippen LogP contribution in [-0.4, -0.2) is 67.4 Å². The van der Waals surface area contributed by atoms with Crippen molar-refractivity contribution in [2.75, 3.05) is 56.5 Å². The number of hydrogen-bond acceptors (Lipinski definition) is 7. The molecule has 1 amide bonds. The highest BCUT2D eigenvalue weighted by Gasteiger charge is 2.20. The molecule has 0 radical (unpaired) electrons. The molecular formula is C24H31ClN4O2S2. The lowest BCUT2D eigenvalue weighted by Crippen LogP contribution is -2.48. The molecule has 3 aromatic rings. The van der Waals surface area contributed by atoms with Crippen LogP contribution in [0.2, 0.25) is 0 Å². The van der Waals surface area contributed by atoms with E-state index in [0.29, 0.717) is 13.2 Å². The fraction of sp³-hybridized carbons (Fsp3) is 0.417. The number of carbonyl (C=O) groups excluding carboxylic acids is 1. The topological polar surface area (TPSA) is 57.7 Å². The number of piperazine rings is 1. The van der Waals surface area contributed by atoms with Gasteiger partial charge in [0.25, 0.3) is 5.91 Å². The molecule has 0 saturated carbocycles. The standard InChI is InChI=1S/C24H30N4O2S2.ClH/c1-3-30-20-9-6-10-21-22(20)26-24(32-21)28-15-13-27(14-16-28)12-11-25-23(29)18-7-5-8-19(17-18)31-4-2;/h5-10,17H,3-4,11-16H2,1-2H3,(H,25,29);1H. The molecule has 0 aliphatic carbocycles. The minimum atomic E-state index is 0. The maximum absolute atomic E-state index is 12.5. The van der Waals surface area contributed by atoms with Crippen LogP contribution in [0.25, 0.3) is 10.2 Å². The quantitative estimate of drug-likeness (QED) is 0.421. The molecule has 1 aliphatic heterocycles. The zero-order valence-corrected chi connectivity index (χ0v) is 21.5.